The Hall–Kier alpha value is -0.240. The maximum absolute atomic E-state index is 8.83. The first kappa shape index (κ1) is 14.8. The van der Waals surface area contributed by atoms with Crippen molar-refractivity contribution < 1.29 is 29.5 Å². The predicted molar refractivity (Wildman–Crippen MR) is 52.4 cm³/mol. The molecule has 0 aliphatic heterocycles. The minimum absolute atomic E-state index is 0.0463. The zero-order valence-corrected chi connectivity index (χ0v) is 8.96. The molecule has 1 atom stereocenters. The molecule has 0 bridgehead atoms. The van der Waals surface area contributed by atoms with Crippen molar-refractivity contribution in [2.24, 2.45) is 0 Å². The second-order valence-corrected chi connectivity index (χ2v) is 2.90. The summed E-state index contributed by atoms with van der Waals surface area (Å²) >= 11 is 0. The Morgan fingerprint density at radius 1 is 0.933 bits per heavy atom. The summed E-state index contributed by atoms with van der Waals surface area (Å²) in [5, 5.41) is 26.2. The Kier molecular flexibility index (Phi) is 10.1. The van der Waals surface area contributed by atoms with Crippen LogP contribution in [0.1, 0.15) is 6.92 Å². The van der Waals surface area contributed by atoms with Crippen molar-refractivity contribution in [3.8, 4) is 0 Å². The lowest BCUT2D eigenvalue weighted by Crippen LogP contribution is -2.27. The second kappa shape index (κ2) is 10.3. The number of rotatable bonds is 10. The summed E-state index contributed by atoms with van der Waals surface area (Å²) in [5.41, 5.74) is 0. The van der Waals surface area contributed by atoms with Crippen LogP contribution >= 0.6 is 0 Å². The fourth-order valence-corrected chi connectivity index (χ4v) is 0.876. The molecule has 0 heterocycles. The summed E-state index contributed by atoms with van der Waals surface area (Å²) in [6.45, 7) is 1.88. The van der Waals surface area contributed by atoms with E-state index in [1.807, 2.05) is 6.92 Å². The number of ether oxygens (including phenoxy) is 3. The van der Waals surface area contributed by atoms with Crippen molar-refractivity contribution in [2.45, 2.75) is 19.1 Å². The van der Waals surface area contributed by atoms with Crippen molar-refractivity contribution in [3.05, 3.63) is 0 Å². The summed E-state index contributed by atoms with van der Waals surface area (Å²) in [6, 6.07) is 0. The monoisotopic (exact) mass is 224 g/mol. The highest BCUT2D eigenvalue weighted by molar-refractivity contribution is 4.53. The van der Waals surface area contributed by atoms with E-state index in [1.54, 1.807) is 0 Å². The number of aliphatic hydroxyl groups is 3. The molecule has 0 aromatic rings. The molecule has 92 valence electrons. The van der Waals surface area contributed by atoms with E-state index in [9.17, 15) is 0 Å². The van der Waals surface area contributed by atoms with Crippen LogP contribution in [0.3, 0.4) is 0 Å². The third kappa shape index (κ3) is 7.66. The molecule has 15 heavy (non-hydrogen) atoms. The smallest absolute Gasteiger partial charge is 0.147 e. The van der Waals surface area contributed by atoms with Gasteiger partial charge in [0.05, 0.1) is 26.4 Å². The van der Waals surface area contributed by atoms with Gasteiger partial charge in [0.1, 0.15) is 19.0 Å². The summed E-state index contributed by atoms with van der Waals surface area (Å²) in [5.74, 6) is 0. The molecule has 0 amide bonds. The zero-order valence-electron chi connectivity index (χ0n) is 8.96. The van der Waals surface area contributed by atoms with Crippen molar-refractivity contribution in [1.29, 1.82) is 0 Å². The van der Waals surface area contributed by atoms with Gasteiger partial charge in [-0.2, -0.15) is 0 Å². The first-order valence-electron chi connectivity index (χ1n) is 4.91. The average molecular weight is 224 g/mol. The van der Waals surface area contributed by atoms with Gasteiger partial charge in [-0.15, -0.1) is 0 Å². The van der Waals surface area contributed by atoms with E-state index in [0.29, 0.717) is 6.61 Å². The first-order chi connectivity index (χ1) is 7.28. The summed E-state index contributed by atoms with van der Waals surface area (Å²) in [6.07, 6.45) is -0.982. The summed E-state index contributed by atoms with van der Waals surface area (Å²) < 4.78 is 15.1. The van der Waals surface area contributed by atoms with Crippen LogP contribution in [0, 0.1) is 0 Å². The van der Waals surface area contributed by atoms with Gasteiger partial charge in [0.15, 0.2) is 0 Å². The lowest BCUT2D eigenvalue weighted by Gasteiger charge is -2.16. The molecular formula is C9H20O6. The molecule has 1 unspecified atom stereocenters. The molecule has 3 N–H and O–H groups in total. The predicted octanol–water partition coefficient (Wildman–Crippen LogP) is -1.27. The third-order valence-corrected chi connectivity index (χ3v) is 1.70. The van der Waals surface area contributed by atoms with Crippen LogP contribution in [0.5, 0.6) is 0 Å². The van der Waals surface area contributed by atoms with Gasteiger partial charge in [-0.05, 0) is 6.92 Å². The van der Waals surface area contributed by atoms with Gasteiger partial charge in [0.25, 0.3) is 0 Å². The topological polar surface area (TPSA) is 88.4 Å². The lowest BCUT2D eigenvalue weighted by atomic mass is 10.4. The van der Waals surface area contributed by atoms with Crippen LogP contribution < -0.4 is 0 Å². The maximum atomic E-state index is 8.83. The zero-order chi connectivity index (χ0) is 11.5. The van der Waals surface area contributed by atoms with Crippen molar-refractivity contribution in [1.82, 2.24) is 0 Å². The maximum Gasteiger partial charge on any atom is 0.147 e. The molecule has 0 fully saturated rings. The normalized spacial score (nSPS) is 13.4. The number of aliphatic hydroxyl groups excluding tert-OH is 3. The summed E-state index contributed by atoms with van der Waals surface area (Å²) in [4.78, 5) is 0. The van der Waals surface area contributed by atoms with Crippen LogP contribution in [0.25, 0.3) is 0 Å². The van der Waals surface area contributed by atoms with Crippen molar-refractivity contribution >= 4 is 0 Å². The van der Waals surface area contributed by atoms with Gasteiger partial charge in [-0.25, -0.2) is 0 Å². The molecular weight excluding hydrogens is 204 g/mol. The van der Waals surface area contributed by atoms with Gasteiger partial charge in [-0.1, -0.05) is 0 Å². The lowest BCUT2D eigenvalue weighted by molar-refractivity contribution is -0.137. The fraction of sp³-hybridized carbons (Fsp3) is 1.00. The minimum Gasteiger partial charge on any atom is -0.394 e. The highest BCUT2D eigenvalue weighted by Gasteiger charge is 2.08. The Labute approximate surface area is 89.4 Å². The molecule has 0 saturated heterocycles. The van der Waals surface area contributed by atoms with Gasteiger partial charge >= 0.3 is 0 Å². The molecule has 6 heteroatoms. The summed E-state index contributed by atoms with van der Waals surface area (Å²) in [7, 11) is 0. The molecule has 0 aromatic heterocycles. The van der Waals surface area contributed by atoms with Crippen LogP contribution in [0.15, 0.2) is 0 Å². The van der Waals surface area contributed by atoms with Gasteiger partial charge in [-0.3, -0.25) is 0 Å². The highest BCUT2D eigenvalue weighted by atomic mass is 16.7. The molecule has 0 aromatic carbocycles. The largest absolute Gasteiger partial charge is 0.394 e. The molecule has 0 saturated carbocycles. The average Bonchev–Trinajstić information content (AvgIpc) is 2.28. The molecule has 0 aliphatic carbocycles. The second-order valence-electron chi connectivity index (χ2n) is 2.90. The van der Waals surface area contributed by atoms with Crippen LogP contribution in [0.2, 0.25) is 0 Å². The molecule has 0 aliphatic rings. The van der Waals surface area contributed by atoms with Gasteiger partial charge in [0.2, 0.25) is 0 Å². The van der Waals surface area contributed by atoms with E-state index >= 15 is 0 Å². The van der Waals surface area contributed by atoms with Gasteiger partial charge < -0.3 is 29.5 Å². The van der Waals surface area contributed by atoms with E-state index < -0.39 is 6.10 Å². The SMILES string of the molecule is CCOC(CO)COCOC(CO)CO. The third-order valence-electron chi connectivity index (χ3n) is 1.70. The quantitative estimate of drug-likeness (QED) is 0.317. The van der Waals surface area contributed by atoms with Crippen LogP contribution in [-0.4, -0.2) is 67.4 Å². The van der Waals surface area contributed by atoms with Crippen molar-refractivity contribution in [2.75, 3.05) is 39.8 Å². The number of hydrogen-bond donors (Lipinski definition) is 3. The van der Waals surface area contributed by atoms with Crippen LogP contribution in [-0.2, 0) is 14.2 Å². The fourth-order valence-electron chi connectivity index (χ4n) is 0.876. The minimum atomic E-state index is -0.621. The molecule has 0 spiro atoms. The Balaban J connectivity index is 3.42. The van der Waals surface area contributed by atoms with E-state index in [4.69, 9.17) is 29.5 Å². The van der Waals surface area contributed by atoms with Crippen molar-refractivity contribution in [3.63, 3.8) is 0 Å². The molecule has 6 nitrogen and oxygen atoms in total. The number of hydrogen-bond acceptors (Lipinski definition) is 6. The Morgan fingerprint density at radius 3 is 2.00 bits per heavy atom. The van der Waals surface area contributed by atoms with E-state index in [-0.39, 0.29) is 39.3 Å². The van der Waals surface area contributed by atoms with Crippen LogP contribution in [0.4, 0.5) is 0 Å². The Morgan fingerprint density at radius 2 is 1.53 bits per heavy atom. The Bertz CT molecular complexity index is 128. The first-order valence-corrected chi connectivity index (χ1v) is 4.91. The van der Waals surface area contributed by atoms with Gasteiger partial charge in [0, 0.05) is 6.61 Å². The van der Waals surface area contributed by atoms with E-state index in [1.165, 1.54) is 0 Å². The standard InChI is InChI=1S/C9H20O6/c1-2-14-9(5-12)6-13-7-15-8(3-10)4-11/h8-12H,2-7H2,1H3. The van der Waals surface area contributed by atoms with E-state index in [0.717, 1.165) is 0 Å². The molecule has 0 radical (unpaired) electrons. The van der Waals surface area contributed by atoms with E-state index in [2.05, 4.69) is 0 Å². The molecule has 0 rings (SSSR count). The highest BCUT2D eigenvalue weighted by Crippen LogP contribution is 1.94.